The monoisotopic (exact) mass is 367 g/mol. The van der Waals surface area contributed by atoms with Gasteiger partial charge in [-0.15, -0.1) is 5.10 Å². The lowest BCUT2D eigenvalue weighted by Crippen LogP contribution is -2.30. The maximum absolute atomic E-state index is 10.1. The molecule has 0 unspecified atom stereocenters. The summed E-state index contributed by atoms with van der Waals surface area (Å²) >= 11 is 0. The number of hydrogen-bond donors (Lipinski definition) is 3. The van der Waals surface area contributed by atoms with E-state index in [4.69, 9.17) is 0 Å². The highest BCUT2D eigenvalue weighted by Gasteiger charge is 2.16. The van der Waals surface area contributed by atoms with Crippen molar-refractivity contribution in [2.45, 2.75) is 19.3 Å². The number of piperidine rings is 1. The molecule has 7 nitrogen and oxygen atoms in total. The standard InChI is InChI=1S/C20H25N5O2/c1-24-10-7-14(8-11-24)6-9-21-19-4-5-20-22-13-17(25(20)23-19)16-12-15(26)2-3-18(16)27/h2-5,12-14,26-27H,6-11H2,1H3,(H,21,23). The molecule has 0 amide bonds. The van der Waals surface area contributed by atoms with E-state index in [1.807, 2.05) is 12.1 Å². The summed E-state index contributed by atoms with van der Waals surface area (Å²) in [6.45, 7) is 3.25. The van der Waals surface area contributed by atoms with E-state index in [-0.39, 0.29) is 11.5 Å². The Morgan fingerprint density at radius 1 is 1.15 bits per heavy atom. The van der Waals surface area contributed by atoms with Crippen LogP contribution in [0.15, 0.2) is 36.5 Å². The van der Waals surface area contributed by atoms with Gasteiger partial charge in [-0.2, -0.15) is 0 Å². The number of phenols is 2. The van der Waals surface area contributed by atoms with Gasteiger partial charge in [0.1, 0.15) is 17.3 Å². The van der Waals surface area contributed by atoms with Gasteiger partial charge in [-0.1, -0.05) is 0 Å². The number of phenolic OH excluding ortho intramolecular Hbond substituents is 2. The van der Waals surface area contributed by atoms with Crippen LogP contribution in [-0.2, 0) is 0 Å². The fraction of sp³-hybridized carbons (Fsp3) is 0.400. The second-order valence-electron chi connectivity index (χ2n) is 7.30. The maximum Gasteiger partial charge on any atom is 0.154 e. The quantitative estimate of drug-likeness (QED) is 0.601. The number of imidazole rings is 1. The third kappa shape index (κ3) is 3.83. The molecule has 1 aromatic carbocycles. The second-order valence-corrected chi connectivity index (χ2v) is 7.30. The number of benzene rings is 1. The Labute approximate surface area is 158 Å². The average molecular weight is 367 g/mol. The zero-order valence-electron chi connectivity index (χ0n) is 15.5. The SMILES string of the molecule is CN1CCC(CCNc2ccc3ncc(-c4cc(O)ccc4O)n3n2)CC1. The van der Waals surface area contributed by atoms with Crippen molar-refractivity contribution in [3.63, 3.8) is 0 Å². The van der Waals surface area contributed by atoms with Gasteiger partial charge in [-0.05, 0) is 75.6 Å². The average Bonchev–Trinajstić information content (AvgIpc) is 3.08. The first kappa shape index (κ1) is 17.6. The first-order valence-electron chi connectivity index (χ1n) is 9.40. The molecular weight excluding hydrogens is 342 g/mol. The topological polar surface area (TPSA) is 85.9 Å². The van der Waals surface area contributed by atoms with Crippen LogP contribution in [0, 0.1) is 5.92 Å². The molecule has 1 saturated heterocycles. The Morgan fingerprint density at radius 3 is 2.78 bits per heavy atom. The lowest BCUT2D eigenvalue weighted by molar-refractivity contribution is 0.215. The molecule has 1 aliphatic heterocycles. The summed E-state index contributed by atoms with van der Waals surface area (Å²) in [5.41, 5.74) is 1.82. The van der Waals surface area contributed by atoms with E-state index in [0.29, 0.717) is 16.9 Å². The number of anilines is 1. The first-order chi connectivity index (χ1) is 13.1. The van der Waals surface area contributed by atoms with Gasteiger partial charge < -0.3 is 20.4 Å². The number of aromatic nitrogens is 3. The molecule has 2 aromatic heterocycles. The molecule has 7 heteroatoms. The van der Waals surface area contributed by atoms with Gasteiger partial charge in [-0.3, -0.25) is 0 Å². The zero-order valence-corrected chi connectivity index (χ0v) is 15.5. The van der Waals surface area contributed by atoms with Crippen LogP contribution in [0.2, 0.25) is 0 Å². The number of rotatable bonds is 5. The minimum absolute atomic E-state index is 0.0806. The molecule has 3 heterocycles. The third-order valence-electron chi connectivity index (χ3n) is 5.32. The van der Waals surface area contributed by atoms with Gasteiger partial charge in [-0.25, -0.2) is 9.50 Å². The number of nitrogens with zero attached hydrogens (tertiary/aromatic N) is 4. The highest BCUT2D eigenvalue weighted by molar-refractivity contribution is 5.70. The van der Waals surface area contributed by atoms with Crippen molar-refractivity contribution in [1.82, 2.24) is 19.5 Å². The van der Waals surface area contributed by atoms with Gasteiger partial charge in [0.15, 0.2) is 5.65 Å². The van der Waals surface area contributed by atoms with E-state index in [2.05, 4.69) is 27.3 Å². The molecule has 0 saturated carbocycles. The van der Waals surface area contributed by atoms with Crippen LogP contribution in [0.3, 0.4) is 0 Å². The van der Waals surface area contributed by atoms with E-state index in [1.165, 1.54) is 44.1 Å². The van der Waals surface area contributed by atoms with Crippen LogP contribution in [0.1, 0.15) is 19.3 Å². The van der Waals surface area contributed by atoms with Gasteiger partial charge >= 0.3 is 0 Å². The van der Waals surface area contributed by atoms with E-state index in [9.17, 15) is 10.2 Å². The molecule has 0 bridgehead atoms. The van der Waals surface area contributed by atoms with Gasteiger partial charge in [0.2, 0.25) is 0 Å². The summed E-state index contributed by atoms with van der Waals surface area (Å²) in [6, 6.07) is 8.25. The normalized spacial score (nSPS) is 16.0. The Balaban J connectivity index is 1.49. The van der Waals surface area contributed by atoms with Gasteiger partial charge in [0, 0.05) is 12.1 Å². The van der Waals surface area contributed by atoms with E-state index < -0.39 is 0 Å². The molecule has 1 aliphatic rings. The van der Waals surface area contributed by atoms with Crippen molar-refractivity contribution in [3.05, 3.63) is 36.5 Å². The smallest absolute Gasteiger partial charge is 0.154 e. The molecule has 1 fully saturated rings. The summed E-state index contributed by atoms with van der Waals surface area (Å²) in [4.78, 5) is 6.73. The first-order valence-corrected chi connectivity index (χ1v) is 9.40. The maximum atomic E-state index is 10.1. The number of hydrogen-bond acceptors (Lipinski definition) is 6. The fourth-order valence-electron chi connectivity index (χ4n) is 3.64. The highest BCUT2D eigenvalue weighted by Crippen LogP contribution is 2.32. The van der Waals surface area contributed by atoms with Gasteiger partial charge in [0.05, 0.1) is 11.9 Å². The lowest BCUT2D eigenvalue weighted by Gasteiger charge is -2.28. The molecule has 4 rings (SSSR count). The van der Waals surface area contributed by atoms with E-state index in [1.54, 1.807) is 10.7 Å². The van der Waals surface area contributed by atoms with Crippen LogP contribution >= 0.6 is 0 Å². The van der Waals surface area contributed by atoms with E-state index in [0.717, 1.165) is 24.7 Å². The molecule has 3 N–H and O–H groups in total. The Morgan fingerprint density at radius 2 is 1.96 bits per heavy atom. The Kier molecular flexibility index (Phi) is 4.85. The van der Waals surface area contributed by atoms with Gasteiger partial charge in [0.25, 0.3) is 0 Å². The molecular formula is C20H25N5O2. The number of fused-ring (bicyclic) bond motifs is 1. The van der Waals surface area contributed by atoms with Crippen molar-refractivity contribution >= 4 is 11.5 Å². The molecule has 0 spiro atoms. The van der Waals surface area contributed by atoms with E-state index >= 15 is 0 Å². The highest BCUT2D eigenvalue weighted by atomic mass is 16.3. The fourth-order valence-corrected chi connectivity index (χ4v) is 3.64. The minimum atomic E-state index is 0.0806. The summed E-state index contributed by atoms with van der Waals surface area (Å²) < 4.78 is 1.69. The lowest BCUT2D eigenvalue weighted by atomic mass is 9.94. The van der Waals surface area contributed by atoms with Crippen molar-refractivity contribution in [2.24, 2.45) is 5.92 Å². The summed E-state index contributed by atoms with van der Waals surface area (Å²) in [5, 5.41) is 27.9. The number of likely N-dealkylation sites (tertiary alicyclic amines) is 1. The number of aromatic hydroxyl groups is 2. The molecule has 27 heavy (non-hydrogen) atoms. The molecule has 0 atom stereocenters. The van der Waals surface area contributed by atoms with Crippen LogP contribution < -0.4 is 5.32 Å². The Hall–Kier alpha value is -2.80. The predicted molar refractivity (Wildman–Crippen MR) is 105 cm³/mol. The van der Waals surface area contributed by atoms with Crippen LogP contribution in [0.5, 0.6) is 11.5 Å². The van der Waals surface area contributed by atoms with Crippen molar-refractivity contribution in [3.8, 4) is 22.8 Å². The zero-order chi connectivity index (χ0) is 18.8. The van der Waals surface area contributed by atoms with Crippen LogP contribution in [0.4, 0.5) is 5.82 Å². The van der Waals surface area contributed by atoms with Crippen molar-refractivity contribution < 1.29 is 10.2 Å². The largest absolute Gasteiger partial charge is 0.508 e. The Bertz CT molecular complexity index is 931. The van der Waals surface area contributed by atoms with Crippen molar-refractivity contribution in [1.29, 1.82) is 0 Å². The summed E-state index contributed by atoms with van der Waals surface area (Å²) in [6.07, 6.45) is 5.30. The predicted octanol–water partition coefficient (Wildman–Crippen LogP) is 2.95. The van der Waals surface area contributed by atoms with Crippen molar-refractivity contribution in [2.75, 3.05) is 32.0 Å². The minimum Gasteiger partial charge on any atom is -0.508 e. The number of nitrogens with one attached hydrogen (secondary N) is 1. The molecule has 142 valence electrons. The summed E-state index contributed by atoms with van der Waals surface area (Å²) in [7, 11) is 2.18. The summed E-state index contributed by atoms with van der Waals surface area (Å²) in [5.74, 6) is 1.71. The molecule has 0 aliphatic carbocycles. The second kappa shape index (κ2) is 7.44. The molecule has 0 radical (unpaired) electrons. The molecule has 3 aromatic rings. The van der Waals surface area contributed by atoms with Crippen LogP contribution in [0.25, 0.3) is 16.9 Å². The van der Waals surface area contributed by atoms with Crippen LogP contribution in [-0.4, -0.2) is 56.4 Å². The third-order valence-corrected chi connectivity index (χ3v) is 5.32.